The van der Waals surface area contributed by atoms with Crippen molar-refractivity contribution in [2.75, 3.05) is 0 Å². The van der Waals surface area contributed by atoms with Crippen molar-refractivity contribution >= 4 is 27.6 Å². The number of benzene rings is 4. The van der Waals surface area contributed by atoms with E-state index in [9.17, 15) is 0 Å². The summed E-state index contributed by atoms with van der Waals surface area (Å²) in [5.74, 6) is 0. The van der Waals surface area contributed by atoms with Gasteiger partial charge in [-0.15, -0.1) is 0 Å². The lowest BCUT2D eigenvalue weighted by Crippen LogP contribution is -1.91. The summed E-state index contributed by atoms with van der Waals surface area (Å²) in [6, 6.07) is 26.7. The maximum atomic E-state index is 2.37. The minimum absolute atomic E-state index is 1.09. The van der Waals surface area contributed by atoms with Crippen LogP contribution in [0.4, 0.5) is 0 Å². The first-order valence-corrected chi connectivity index (χ1v) is 9.07. The highest BCUT2D eigenvalue weighted by Crippen LogP contribution is 2.38. The summed E-state index contributed by atoms with van der Waals surface area (Å²) in [5.41, 5.74) is 7.16. The van der Waals surface area contributed by atoms with Crippen LogP contribution in [0.3, 0.4) is 0 Å². The predicted molar refractivity (Wildman–Crippen MR) is 109 cm³/mol. The molecular formula is C25H20. The molecule has 0 N–H and O–H groups in total. The normalized spacial score (nSPS) is 13.2. The van der Waals surface area contributed by atoms with E-state index in [1.54, 1.807) is 0 Å². The summed E-state index contributed by atoms with van der Waals surface area (Å²) in [6.45, 7) is 2.25. The van der Waals surface area contributed by atoms with Crippen LogP contribution in [-0.2, 0) is 6.42 Å². The molecule has 0 radical (unpaired) electrons. The van der Waals surface area contributed by atoms with Gasteiger partial charge in [0.05, 0.1) is 0 Å². The Bertz CT molecular complexity index is 1150. The molecule has 0 atom stereocenters. The van der Waals surface area contributed by atoms with E-state index in [0.29, 0.717) is 0 Å². The maximum Gasteiger partial charge on any atom is -0.00518 e. The van der Waals surface area contributed by atoms with Crippen molar-refractivity contribution < 1.29 is 0 Å². The molecule has 5 rings (SSSR count). The zero-order valence-corrected chi connectivity index (χ0v) is 14.4. The molecule has 0 aromatic heterocycles. The van der Waals surface area contributed by atoms with Gasteiger partial charge in [0.15, 0.2) is 0 Å². The van der Waals surface area contributed by atoms with Crippen LogP contribution < -0.4 is 0 Å². The van der Waals surface area contributed by atoms with Gasteiger partial charge in [-0.2, -0.15) is 0 Å². The molecule has 0 heterocycles. The topological polar surface area (TPSA) is 0 Å². The Hall–Kier alpha value is -2.86. The van der Waals surface area contributed by atoms with Gasteiger partial charge in [-0.25, -0.2) is 0 Å². The second kappa shape index (κ2) is 5.60. The fraction of sp³-hybridized carbons (Fsp3) is 0.120. The first kappa shape index (κ1) is 14.5. The Morgan fingerprint density at radius 1 is 0.720 bits per heavy atom. The van der Waals surface area contributed by atoms with Crippen molar-refractivity contribution in [3.8, 4) is 11.1 Å². The monoisotopic (exact) mass is 320 g/mol. The van der Waals surface area contributed by atoms with Gasteiger partial charge < -0.3 is 0 Å². The summed E-state index contributed by atoms with van der Waals surface area (Å²) >= 11 is 0. The molecule has 0 saturated heterocycles. The second-order valence-electron chi connectivity index (χ2n) is 6.93. The van der Waals surface area contributed by atoms with Crippen LogP contribution >= 0.6 is 0 Å². The van der Waals surface area contributed by atoms with Gasteiger partial charge in [0.2, 0.25) is 0 Å². The van der Waals surface area contributed by atoms with Crippen LogP contribution in [0.2, 0.25) is 0 Å². The molecule has 1 aliphatic carbocycles. The summed E-state index contributed by atoms with van der Waals surface area (Å²) in [5, 5.41) is 5.28. The van der Waals surface area contributed by atoms with E-state index in [1.165, 1.54) is 49.4 Å². The maximum absolute atomic E-state index is 2.37. The van der Waals surface area contributed by atoms with Gasteiger partial charge in [0.25, 0.3) is 0 Å². The smallest absolute Gasteiger partial charge is 0.00518 e. The Balaban J connectivity index is 1.78. The number of hydrogen-bond acceptors (Lipinski definition) is 0. The fourth-order valence-electron chi connectivity index (χ4n) is 4.12. The number of hydrogen-bond donors (Lipinski definition) is 0. The highest BCUT2D eigenvalue weighted by atomic mass is 14.2. The molecule has 0 heteroatoms. The minimum atomic E-state index is 1.09. The van der Waals surface area contributed by atoms with Crippen molar-refractivity contribution in [2.24, 2.45) is 0 Å². The SMILES string of the molecule is CCC1=Cc2cccc(-c3cccc4cc5ccccc5cc34)c2C1. The zero-order chi connectivity index (χ0) is 16.8. The third-order valence-electron chi connectivity index (χ3n) is 5.47. The van der Waals surface area contributed by atoms with Crippen molar-refractivity contribution in [1.82, 2.24) is 0 Å². The molecule has 0 spiro atoms. The average Bonchev–Trinajstić information content (AvgIpc) is 3.09. The van der Waals surface area contributed by atoms with E-state index < -0.39 is 0 Å². The lowest BCUT2D eigenvalue weighted by Gasteiger charge is -2.13. The lowest BCUT2D eigenvalue weighted by atomic mass is 9.91. The van der Waals surface area contributed by atoms with Crippen molar-refractivity contribution in [2.45, 2.75) is 19.8 Å². The summed E-state index contributed by atoms with van der Waals surface area (Å²) in [6.07, 6.45) is 4.60. The van der Waals surface area contributed by atoms with E-state index in [2.05, 4.69) is 85.8 Å². The van der Waals surface area contributed by atoms with Gasteiger partial charge in [-0.05, 0) is 68.8 Å². The lowest BCUT2D eigenvalue weighted by molar-refractivity contribution is 1.04. The highest BCUT2D eigenvalue weighted by molar-refractivity contribution is 6.05. The standard InChI is InChI=1S/C25H20/c1-2-17-13-20-9-5-11-22(24(20)14-17)23-12-6-10-21-15-18-7-3-4-8-19(18)16-25(21)23/h3-13,15-16H,2,14H2,1H3. The summed E-state index contributed by atoms with van der Waals surface area (Å²) in [7, 11) is 0. The average molecular weight is 320 g/mol. The number of rotatable bonds is 2. The van der Waals surface area contributed by atoms with Crippen LogP contribution in [0, 0.1) is 0 Å². The van der Waals surface area contributed by atoms with E-state index in [-0.39, 0.29) is 0 Å². The first-order chi connectivity index (χ1) is 12.3. The van der Waals surface area contributed by atoms with Gasteiger partial charge in [-0.1, -0.05) is 79.2 Å². The van der Waals surface area contributed by atoms with Crippen LogP contribution in [0.5, 0.6) is 0 Å². The predicted octanol–water partition coefficient (Wildman–Crippen LogP) is 7.01. The Labute approximate surface area is 148 Å². The third kappa shape index (κ3) is 2.29. The molecule has 0 saturated carbocycles. The van der Waals surface area contributed by atoms with Gasteiger partial charge >= 0.3 is 0 Å². The molecule has 0 aliphatic heterocycles. The minimum Gasteiger partial charge on any atom is -0.0655 e. The van der Waals surface area contributed by atoms with Crippen LogP contribution in [0.1, 0.15) is 24.5 Å². The van der Waals surface area contributed by atoms with Gasteiger partial charge in [0.1, 0.15) is 0 Å². The fourth-order valence-corrected chi connectivity index (χ4v) is 4.12. The Morgan fingerprint density at radius 2 is 1.44 bits per heavy atom. The molecule has 0 fully saturated rings. The number of fused-ring (bicyclic) bond motifs is 3. The Morgan fingerprint density at radius 3 is 2.28 bits per heavy atom. The van der Waals surface area contributed by atoms with Gasteiger partial charge in [0, 0.05) is 0 Å². The molecule has 4 aromatic carbocycles. The molecule has 1 aliphatic rings. The molecule has 0 unspecified atom stereocenters. The molecule has 4 aromatic rings. The zero-order valence-electron chi connectivity index (χ0n) is 14.4. The Kier molecular flexibility index (Phi) is 3.24. The highest BCUT2D eigenvalue weighted by Gasteiger charge is 2.17. The van der Waals surface area contributed by atoms with Crippen LogP contribution in [0.25, 0.3) is 38.7 Å². The van der Waals surface area contributed by atoms with E-state index >= 15 is 0 Å². The first-order valence-electron chi connectivity index (χ1n) is 9.07. The number of allylic oxidation sites excluding steroid dienone is 1. The van der Waals surface area contributed by atoms with Crippen LogP contribution in [0.15, 0.2) is 78.4 Å². The third-order valence-corrected chi connectivity index (χ3v) is 5.47. The molecule has 0 bridgehead atoms. The summed E-state index contributed by atoms with van der Waals surface area (Å²) < 4.78 is 0. The van der Waals surface area contributed by atoms with Crippen molar-refractivity contribution in [3.05, 3.63) is 89.5 Å². The van der Waals surface area contributed by atoms with Gasteiger partial charge in [-0.3, -0.25) is 0 Å². The molecule has 25 heavy (non-hydrogen) atoms. The molecule has 120 valence electrons. The second-order valence-corrected chi connectivity index (χ2v) is 6.93. The molecule has 0 amide bonds. The van der Waals surface area contributed by atoms with E-state index in [0.717, 1.165) is 12.8 Å². The van der Waals surface area contributed by atoms with E-state index in [1.807, 2.05) is 0 Å². The summed E-state index contributed by atoms with van der Waals surface area (Å²) in [4.78, 5) is 0. The quantitative estimate of drug-likeness (QED) is 0.348. The van der Waals surface area contributed by atoms with Crippen molar-refractivity contribution in [1.29, 1.82) is 0 Å². The van der Waals surface area contributed by atoms with E-state index in [4.69, 9.17) is 0 Å². The molecule has 0 nitrogen and oxygen atoms in total. The van der Waals surface area contributed by atoms with Crippen molar-refractivity contribution in [3.63, 3.8) is 0 Å². The van der Waals surface area contributed by atoms with Crippen LogP contribution in [-0.4, -0.2) is 0 Å². The largest absolute Gasteiger partial charge is 0.0655 e. The molecular weight excluding hydrogens is 300 g/mol.